The van der Waals surface area contributed by atoms with Crippen LogP contribution in [0.15, 0.2) is 60.7 Å². The summed E-state index contributed by atoms with van der Waals surface area (Å²) in [6, 6.07) is 20.1. The number of aromatic hydroxyl groups is 1. The van der Waals surface area contributed by atoms with Crippen molar-refractivity contribution < 1.29 is 5.11 Å². The van der Waals surface area contributed by atoms with Gasteiger partial charge in [-0.15, -0.1) is 0 Å². The molecular weight excluding hydrogens is 366 g/mol. The lowest BCUT2D eigenvalue weighted by Crippen LogP contribution is -2.01. The second kappa shape index (κ2) is 6.72. The van der Waals surface area contributed by atoms with Gasteiger partial charge < -0.3 is 9.67 Å². The van der Waals surface area contributed by atoms with Crippen LogP contribution >= 0.6 is 11.6 Å². The summed E-state index contributed by atoms with van der Waals surface area (Å²) in [7, 11) is 0. The van der Waals surface area contributed by atoms with E-state index >= 15 is 0 Å². The van der Waals surface area contributed by atoms with Crippen LogP contribution in [0.1, 0.15) is 29.7 Å². The zero-order valence-corrected chi connectivity index (χ0v) is 16.6. The molecule has 1 N–H and O–H groups in total. The topological polar surface area (TPSA) is 25.2 Å². The van der Waals surface area contributed by atoms with Crippen molar-refractivity contribution >= 4 is 22.4 Å². The molecule has 28 heavy (non-hydrogen) atoms. The number of hydrogen-bond acceptors (Lipinski definition) is 1. The predicted molar refractivity (Wildman–Crippen MR) is 117 cm³/mol. The molecule has 140 valence electrons. The average molecular weight is 388 g/mol. The van der Waals surface area contributed by atoms with E-state index in [1.165, 1.54) is 40.9 Å². The van der Waals surface area contributed by atoms with Crippen LogP contribution in [0.3, 0.4) is 0 Å². The Morgan fingerprint density at radius 3 is 2.39 bits per heavy atom. The average Bonchev–Trinajstić information content (AvgIpc) is 3.02. The molecule has 0 fully saturated rings. The molecule has 0 amide bonds. The third-order valence-electron chi connectivity index (χ3n) is 5.96. The molecule has 0 spiro atoms. The van der Waals surface area contributed by atoms with Crippen LogP contribution in [0.5, 0.6) is 5.75 Å². The third kappa shape index (κ3) is 2.63. The Morgan fingerprint density at radius 1 is 0.857 bits per heavy atom. The van der Waals surface area contributed by atoms with Gasteiger partial charge >= 0.3 is 0 Å². The van der Waals surface area contributed by atoms with E-state index in [0.29, 0.717) is 5.02 Å². The Morgan fingerprint density at radius 2 is 1.61 bits per heavy atom. The van der Waals surface area contributed by atoms with Crippen LogP contribution in [0, 0.1) is 6.92 Å². The van der Waals surface area contributed by atoms with Crippen molar-refractivity contribution in [2.75, 3.05) is 0 Å². The van der Waals surface area contributed by atoms with E-state index < -0.39 is 0 Å². The molecule has 3 heteroatoms. The fraction of sp³-hybridized carbons (Fsp3) is 0.200. The van der Waals surface area contributed by atoms with Crippen molar-refractivity contribution in [2.24, 2.45) is 0 Å². The lowest BCUT2D eigenvalue weighted by molar-refractivity contribution is 0.476. The molecule has 4 aromatic rings. The van der Waals surface area contributed by atoms with Gasteiger partial charge in [0.1, 0.15) is 5.75 Å². The predicted octanol–water partition coefficient (Wildman–Crippen LogP) is 6.84. The SMILES string of the molecule is Cc1c2c(c(-c3ccccc3)n1-c1ccc(Cl)c3ccc(O)cc13)CCCC2. The van der Waals surface area contributed by atoms with E-state index in [9.17, 15) is 5.11 Å². The zero-order chi connectivity index (χ0) is 19.3. The third-order valence-corrected chi connectivity index (χ3v) is 6.29. The van der Waals surface area contributed by atoms with Gasteiger partial charge in [0.2, 0.25) is 0 Å². The van der Waals surface area contributed by atoms with Crippen LogP contribution in [0.25, 0.3) is 27.7 Å². The molecule has 1 heterocycles. The molecule has 0 atom stereocenters. The van der Waals surface area contributed by atoms with Gasteiger partial charge in [0.15, 0.2) is 0 Å². The van der Waals surface area contributed by atoms with Gasteiger partial charge in [-0.1, -0.05) is 41.9 Å². The van der Waals surface area contributed by atoms with Gasteiger partial charge in [-0.05, 0) is 79.6 Å². The second-order valence-electron chi connectivity index (χ2n) is 7.60. The first kappa shape index (κ1) is 17.4. The van der Waals surface area contributed by atoms with Crippen molar-refractivity contribution in [1.82, 2.24) is 4.57 Å². The highest BCUT2D eigenvalue weighted by Gasteiger charge is 2.25. The summed E-state index contributed by atoms with van der Waals surface area (Å²) in [5.41, 5.74) is 7.82. The molecule has 0 bridgehead atoms. The van der Waals surface area contributed by atoms with E-state index in [4.69, 9.17) is 11.6 Å². The lowest BCUT2D eigenvalue weighted by Gasteiger charge is -2.17. The van der Waals surface area contributed by atoms with Crippen LogP contribution in [-0.4, -0.2) is 9.67 Å². The quantitative estimate of drug-likeness (QED) is 0.400. The monoisotopic (exact) mass is 387 g/mol. The van der Waals surface area contributed by atoms with Crippen LogP contribution < -0.4 is 0 Å². The number of nitrogens with zero attached hydrogens (tertiary/aromatic N) is 1. The van der Waals surface area contributed by atoms with Crippen molar-refractivity contribution in [3.8, 4) is 22.7 Å². The maximum Gasteiger partial charge on any atom is 0.116 e. The Labute approximate surface area is 170 Å². The summed E-state index contributed by atoms with van der Waals surface area (Å²) in [6.45, 7) is 2.22. The van der Waals surface area contributed by atoms with Gasteiger partial charge in [-0.3, -0.25) is 0 Å². The number of phenolic OH excluding ortho intramolecular Hbond substituents is 1. The van der Waals surface area contributed by atoms with Crippen molar-refractivity contribution in [3.05, 3.63) is 82.5 Å². The Hall–Kier alpha value is -2.71. The second-order valence-corrected chi connectivity index (χ2v) is 8.00. The minimum atomic E-state index is 0.256. The first-order valence-electron chi connectivity index (χ1n) is 9.85. The van der Waals surface area contributed by atoms with Crippen LogP contribution in [0.2, 0.25) is 5.02 Å². The normalized spacial score (nSPS) is 13.6. The first-order chi connectivity index (χ1) is 13.6. The van der Waals surface area contributed by atoms with E-state index in [1.807, 2.05) is 18.2 Å². The van der Waals surface area contributed by atoms with E-state index in [2.05, 4.69) is 47.9 Å². The summed E-state index contributed by atoms with van der Waals surface area (Å²) < 4.78 is 2.38. The standard InChI is InChI=1S/C25H22ClNO/c1-16-19-9-5-6-10-21(19)25(17-7-3-2-4-8-17)27(16)24-14-13-23(26)20-12-11-18(28)15-22(20)24/h2-4,7-8,11-15,28H,5-6,9-10H2,1H3. The lowest BCUT2D eigenvalue weighted by atomic mass is 9.91. The molecule has 0 unspecified atom stereocenters. The summed E-state index contributed by atoms with van der Waals surface area (Å²) in [6.07, 6.45) is 4.72. The fourth-order valence-corrected chi connectivity index (χ4v) is 4.91. The summed E-state index contributed by atoms with van der Waals surface area (Å²) in [5, 5.41) is 12.8. The van der Waals surface area contributed by atoms with E-state index in [1.54, 1.807) is 6.07 Å². The van der Waals surface area contributed by atoms with Crippen molar-refractivity contribution in [3.63, 3.8) is 0 Å². The minimum absolute atomic E-state index is 0.256. The minimum Gasteiger partial charge on any atom is -0.508 e. The van der Waals surface area contributed by atoms with Crippen molar-refractivity contribution in [1.29, 1.82) is 0 Å². The van der Waals surface area contributed by atoms with Crippen LogP contribution in [0.4, 0.5) is 0 Å². The smallest absolute Gasteiger partial charge is 0.116 e. The highest BCUT2D eigenvalue weighted by Crippen LogP contribution is 2.41. The van der Waals surface area contributed by atoms with Crippen molar-refractivity contribution in [2.45, 2.75) is 32.6 Å². The highest BCUT2D eigenvalue weighted by atomic mass is 35.5. The molecule has 1 aliphatic carbocycles. The molecule has 0 aliphatic heterocycles. The molecular formula is C25H22ClNO. The van der Waals surface area contributed by atoms with Crippen LogP contribution in [-0.2, 0) is 12.8 Å². The molecule has 0 radical (unpaired) electrons. The highest BCUT2D eigenvalue weighted by molar-refractivity contribution is 6.35. The molecule has 3 aromatic carbocycles. The molecule has 1 aromatic heterocycles. The fourth-order valence-electron chi connectivity index (χ4n) is 4.68. The molecule has 0 saturated heterocycles. The molecule has 5 rings (SSSR count). The number of rotatable bonds is 2. The number of aromatic nitrogens is 1. The molecule has 0 saturated carbocycles. The summed E-state index contributed by atoms with van der Waals surface area (Å²) >= 11 is 6.48. The number of benzene rings is 3. The first-order valence-corrected chi connectivity index (χ1v) is 10.2. The van der Waals surface area contributed by atoms with E-state index in [0.717, 1.165) is 29.3 Å². The van der Waals surface area contributed by atoms with Gasteiger partial charge in [0.25, 0.3) is 0 Å². The summed E-state index contributed by atoms with van der Waals surface area (Å²) in [5.74, 6) is 0.256. The number of phenols is 1. The van der Waals surface area contributed by atoms with Gasteiger partial charge in [0.05, 0.1) is 11.4 Å². The Bertz CT molecular complexity index is 1190. The molecule has 1 aliphatic rings. The maximum atomic E-state index is 10.2. The maximum absolute atomic E-state index is 10.2. The number of fused-ring (bicyclic) bond motifs is 2. The van der Waals surface area contributed by atoms with Gasteiger partial charge in [0, 0.05) is 21.5 Å². The number of hydrogen-bond donors (Lipinski definition) is 1. The number of halogens is 1. The zero-order valence-electron chi connectivity index (χ0n) is 15.9. The largest absolute Gasteiger partial charge is 0.508 e. The molecule has 2 nitrogen and oxygen atoms in total. The van der Waals surface area contributed by atoms with Gasteiger partial charge in [-0.25, -0.2) is 0 Å². The van der Waals surface area contributed by atoms with E-state index in [-0.39, 0.29) is 5.75 Å². The summed E-state index contributed by atoms with van der Waals surface area (Å²) in [4.78, 5) is 0. The Balaban J connectivity index is 1.90. The Kier molecular flexibility index (Phi) is 4.17. The van der Waals surface area contributed by atoms with Gasteiger partial charge in [-0.2, -0.15) is 0 Å².